The first kappa shape index (κ1) is 22.0. The summed E-state index contributed by atoms with van der Waals surface area (Å²) in [6.07, 6.45) is 0.878. The maximum absolute atomic E-state index is 12.6. The molecule has 0 radical (unpaired) electrons. The van der Waals surface area contributed by atoms with Crippen molar-refractivity contribution in [3.05, 3.63) is 84.4 Å². The van der Waals surface area contributed by atoms with E-state index in [1.807, 2.05) is 61.5 Å². The lowest BCUT2D eigenvalue weighted by Crippen LogP contribution is -2.38. The topological polar surface area (TPSA) is 75.6 Å². The Morgan fingerprint density at radius 2 is 1.50 bits per heavy atom. The molecule has 0 amide bonds. The highest BCUT2D eigenvalue weighted by atomic mass is 32.2. The molecular formula is C24H27NO4S. The standard InChI is InChI=1S/C24H27NO4S/c1-3-17-29-22-13-15-23(16-14-22)30(27,28)25-18-24(2,26)21-11-9-20(10-12-21)19-7-5-4-6-8-19/h4-16,25-26H,3,17-18H2,1-2H3. The second-order valence-corrected chi connectivity index (χ2v) is 9.13. The van der Waals surface area contributed by atoms with Gasteiger partial charge in [0.15, 0.2) is 0 Å². The van der Waals surface area contributed by atoms with Gasteiger partial charge in [0.25, 0.3) is 0 Å². The van der Waals surface area contributed by atoms with Crippen molar-refractivity contribution in [1.82, 2.24) is 4.72 Å². The van der Waals surface area contributed by atoms with Crippen LogP contribution in [0, 0.1) is 0 Å². The monoisotopic (exact) mass is 425 g/mol. The average Bonchev–Trinajstić information content (AvgIpc) is 2.77. The molecule has 1 unspecified atom stereocenters. The van der Waals surface area contributed by atoms with Crippen molar-refractivity contribution in [3.8, 4) is 16.9 Å². The van der Waals surface area contributed by atoms with E-state index in [4.69, 9.17) is 4.74 Å². The Kier molecular flexibility index (Phi) is 6.92. The van der Waals surface area contributed by atoms with Crippen LogP contribution in [-0.4, -0.2) is 26.7 Å². The molecule has 0 aromatic heterocycles. The molecule has 3 aromatic rings. The van der Waals surface area contributed by atoms with E-state index in [2.05, 4.69) is 4.72 Å². The van der Waals surface area contributed by atoms with Crippen LogP contribution in [0.2, 0.25) is 0 Å². The molecule has 0 aliphatic heterocycles. The van der Waals surface area contributed by atoms with E-state index < -0.39 is 15.6 Å². The Bertz CT molecular complexity index is 1040. The molecule has 0 saturated carbocycles. The van der Waals surface area contributed by atoms with Crippen LogP contribution >= 0.6 is 0 Å². The summed E-state index contributed by atoms with van der Waals surface area (Å²) in [6.45, 7) is 4.03. The highest BCUT2D eigenvalue weighted by Gasteiger charge is 2.26. The van der Waals surface area contributed by atoms with Gasteiger partial charge in [0.1, 0.15) is 11.4 Å². The molecule has 0 spiro atoms. The van der Waals surface area contributed by atoms with Crippen molar-refractivity contribution in [2.45, 2.75) is 30.8 Å². The number of sulfonamides is 1. The predicted octanol–water partition coefficient (Wildman–Crippen LogP) is 4.33. The van der Waals surface area contributed by atoms with Crippen LogP contribution in [0.4, 0.5) is 0 Å². The second kappa shape index (κ2) is 9.43. The van der Waals surface area contributed by atoms with Crippen molar-refractivity contribution in [3.63, 3.8) is 0 Å². The van der Waals surface area contributed by atoms with E-state index >= 15 is 0 Å². The molecule has 0 bridgehead atoms. The summed E-state index contributed by atoms with van der Waals surface area (Å²) in [5.41, 5.74) is 1.39. The molecule has 158 valence electrons. The van der Waals surface area contributed by atoms with Crippen LogP contribution < -0.4 is 9.46 Å². The third-order valence-corrected chi connectivity index (χ3v) is 6.24. The minimum Gasteiger partial charge on any atom is -0.494 e. The minimum absolute atomic E-state index is 0.126. The molecule has 0 fully saturated rings. The Morgan fingerprint density at radius 1 is 0.900 bits per heavy atom. The smallest absolute Gasteiger partial charge is 0.240 e. The first-order chi connectivity index (χ1) is 14.3. The van der Waals surface area contributed by atoms with Crippen LogP contribution in [-0.2, 0) is 15.6 Å². The first-order valence-electron chi connectivity index (χ1n) is 9.93. The van der Waals surface area contributed by atoms with Crippen LogP contribution in [0.3, 0.4) is 0 Å². The van der Waals surface area contributed by atoms with Gasteiger partial charge in [-0.05, 0) is 54.3 Å². The zero-order chi connectivity index (χ0) is 21.6. The van der Waals surface area contributed by atoms with Gasteiger partial charge in [-0.2, -0.15) is 0 Å². The van der Waals surface area contributed by atoms with Gasteiger partial charge >= 0.3 is 0 Å². The van der Waals surface area contributed by atoms with Crippen LogP contribution in [0.15, 0.2) is 83.8 Å². The maximum atomic E-state index is 12.6. The van der Waals surface area contributed by atoms with Gasteiger partial charge in [0.2, 0.25) is 10.0 Å². The van der Waals surface area contributed by atoms with E-state index in [0.29, 0.717) is 17.9 Å². The fraction of sp³-hybridized carbons (Fsp3) is 0.250. The predicted molar refractivity (Wildman–Crippen MR) is 119 cm³/mol. The van der Waals surface area contributed by atoms with Gasteiger partial charge in [0.05, 0.1) is 11.5 Å². The van der Waals surface area contributed by atoms with Crippen LogP contribution in [0.25, 0.3) is 11.1 Å². The van der Waals surface area contributed by atoms with Crippen molar-refractivity contribution in [2.24, 2.45) is 0 Å². The van der Waals surface area contributed by atoms with Gasteiger partial charge in [-0.25, -0.2) is 13.1 Å². The zero-order valence-corrected chi connectivity index (χ0v) is 18.0. The summed E-state index contributed by atoms with van der Waals surface area (Å²) in [7, 11) is -3.76. The van der Waals surface area contributed by atoms with Gasteiger partial charge in [-0.3, -0.25) is 0 Å². The van der Waals surface area contributed by atoms with Crippen molar-refractivity contribution in [2.75, 3.05) is 13.2 Å². The third kappa shape index (κ3) is 5.48. The summed E-state index contributed by atoms with van der Waals surface area (Å²) in [6, 6.07) is 23.6. The zero-order valence-electron chi connectivity index (χ0n) is 17.2. The molecule has 30 heavy (non-hydrogen) atoms. The molecule has 6 heteroatoms. The van der Waals surface area contributed by atoms with E-state index in [-0.39, 0.29) is 11.4 Å². The summed E-state index contributed by atoms with van der Waals surface area (Å²) in [4.78, 5) is 0.126. The number of rotatable bonds is 9. The summed E-state index contributed by atoms with van der Waals surface area (Å²) in [5.74, 6) is 0.626. The first-order valence-corrected chi connectivity index (χ1v) is 11.4. The number of aliphatic hydroxyl groups is 1. The molecular weight excluding hydrogens is 398 g/mol. The Labute approximate surface area is 178 Å². The number of hydrogen-bond donors (Lipinski definition) is 2. The average molecular weight is 426 g/mol. The number of hydrogen-bond acceptors (Lipinski definition) is 4. The lowest BCUT2D eigenvalue weighted by atomic mass is 9.94. The molecule has 0 aliphatic carbocycles. The van der Waals surface area contributed by atoms with Crippen molar-refractivity contribution in [1.29, 1.82) is 0 Å². The minimum atomic E-state index is -3.76. The summed E-state index contributed by atoms with van der Waals surface area (Å²) < 4.78 is 33.2. The van der Waals surface area contributed by atoms with E-state index in [1.54, 1.807) is 19.1 Å². The molecule has 0 saturated heterocycles. The molecule has 2 N–H and O–H groups in total. The van der Waals surface area contributed by atoms with E-state index in [9.17, 15) is 13.5 Å². The quantitative estimate of drug-likeness (QED) is 0.535. The maximum Gasteiger partial charge on any atom is 0.240 e. The molecule has 1 atom stereocenters. The normalized spacial score (nSPS) is 13.6. The highest BCUT2D eigenvalue weighted by Crippen LogP contribution is 2.25. The Hall–Kier alpha value is -2.67. The molecule has 5 nitrogen and oxygen atoms in total. The van der Waals surface area contributed by atoms with Crippen LogP contribution in [0.1, 0.15) is 25.8 Å². The molecule has 0 heterocycles. The van der Waals surface area contributed by atoms with Gasteiger partial charge < -0.3 is 9.84 Å². The van der Waals surface area contributed by atoms with Crippen molar-refractivity contribution < 1.29 is 18.3 Å². The Morgan fingerprint density at radius 3 is 2.10 bits per heavy atom. The fourth-order valence-electron chi connectivity index (χ4n) is 3.01. The van der Waals surface area contributed by atoms with Crippen LogP contribution in [0.5, 0.6) is 5.75 Å². The Balaban J connectivity index is 1.67. The third-order valence-electron chi connectivity index (χ3n) is 4.83. The number of nitrogens with one attached hydrogen (secondary N) is 1. The number of ether oxygens (including phenoxy) is 1. The lowest BCUT2D eigenvalue weighted by Gasteiger charge is -2.24. The summed E-state index contributed by atoms with van der Waals surface area (Å²) in [5, 5.41) is 10.9. The van der Waals surface area contributed by atoms with E-state index in [0.717, 1.165) is 17.5 Å². The number of benzene rings is 3. The lowest BCUT2D eigenvalue weighted by molar-refractivity contribution is 0.0627. The van der Waals surface area contributed by atoms with Gasteiger partial charge in [-0.1, -0.05) is 61.5 Å². The van der Waals surface area contributed by atoms with Crippen molar-refractivity contribution >= 4 is 10.0 Å². The highest BCUT2D eigenvalue weighted by molar-refractivity contribution is 7.89. The van der Waals surface area contributed by atoms with E-state index in [1.165, 1.54) is 12.1 Å². The molecule has 3 aromatic carbocycles. The summed E-state index contributed by atoms with van der Waals surface area (Å²) >= 11 is 0. The molecule has 3 rings (SSSR count). The fourth-order valence-corrected chi connectivity index (χ4v) is 4.14. The SMILES string of the molecule is CCCOc1ccc(S(=O)(=O)NCC(C)(O)c2ccc(-c3ccccc3)cc2)cc1. The second-order valence-electron chi connectivity index (χ2n) is 7.36. The van der Waals surface area contributed by atoms with Gasteiger partial charge in [0, 0.05) is 6.54 Å². The van der Waals surface area contributed by atoms with Gasteiger partial charge in [-0.15, -0.1) is 0 Å². The largest absolute Gasteiger partial charge is 0.494 e. The molecule has 0 aliphatic rings.